The van der Waals surface area contributed by atoms with Crippen LogP contribution in [0.4, 0.5) is 22.7 Å². The van der Waals surface area contributed by atoms with Crippen molar-refractivity contribution in [3.63, 3.8) is 0 Å². The van der Waals surface area contributed by atoms with Crippen molar-refractivity contribution < 1.29 is 9.90 Å². The van der Waals surface area contributed by atoms with Gasteiger partial charge in [0.05, 0.1) is 11.3 Å². The van der Waals surface area contributed by atoms with E-state index in [0.717, 1.165) is 34.8 Å². The van der Waals surface area contributed by atoms with Gasteiger partial charge in [-0.15, -0.1) is 0 Å². The van der Waals surface area contributed by atoms with Gasteiger partial charge in [0, 0.05) is 24.1 Å². The number of para-hydroxylation sites is 1. The minimum atomic E-state index is -0.919. The highest BCUT2D eigenvalue weighted by Crippen LogP contribution is 2.60. The summed E-state index contributed by atoms with van der Waals surface area (Å²) in [6.07, 6.45) is 8.62. The number of anilines is 4. The Morgan fingerprint density at radius 2 is 1.35 bits per heavy atom. The molecule has 0 radical (unpaired) electrons. The average Bonchev–Trinajstić information content (AvgIpc) is 2.84. The number of benzene rings is 3. The molecule has 34 heavy (non-hydrogen) atoms. The van der Waals surface area contributed by atoms with Gasteiger partial charge in [0.15, 0.2) is 0 Å². The summed E-state index contributed by atoms with van der Waals surface area (Å²) in [5, 5.41) is 13.0. The third-order valence-corrected chi connectivity index (χ3v) is 8.57. The Labute approximate surface area is 201 Å². The van der Waals surface area contributed by atoms with Crippen LogP contribution < -0.4 is 10.2 Å². The molecule has 4 aliphatic carbocycles. The molecule has 0 heterocycles. The van der Waals surface area contributed by atoms with Crippen LogP contribution >= 0.6 is 0 Å². The molecule has 2 N–H and O–H groups in total. The molecule has 0 aromatic heterocycles. The van der Waals surface area contributed by atoms with Gasteiger partial charge in [-0.25, -0.2) is 4.79 Å². The summed E-state index contributed by atoms with van der Waals surface area (Å²) in [6.45, 7) is 0. The Balaban J connectivity index is 1.16. The van der Waals surface area contributed by atoms with E-state index >= 15 is 0 Å². The van der Waals surface area contributed by atoms with E-state index in [1.165, 1.54) is 38.5 Å². The summed E-state index contributed by atoms with van der Waals surface area (Å²) in [4.78, 5) is 13.5. The average molecular weight is 453 g/mol. The molecule has 0 spiro atoms. The maximum Gasteiger partial charge on any atom is 0.337 e. The smallest absolute Gasteiger partial charge is 0.337 e. The third-order valence-electron chi connectivity index (χ3n) is 8.57. The summed E-state index contributed by atoms with van der Waals surface area (Å²) in [7, 11) is 1.90. The maximum atomic E-state index is 11.6. The van der Waals surface area contributed by atoms with Crippen LogP contribution in [0.1, 0.15) is 54.4 Å². The Morgan fingerprint density at radius 1 is 0.824 bits per heavy atom. The van der Waals surface area contributed by atoms with Gasteiger partial charge < -0.3 is 15.3 Å². The largest absolute Gasteiger partial charge is 0.478 e. The van der Waals surface area contributed by atoms with Crippen molar-refractivity contribution >= 4 is 28.7 Å². The SMILES string of the molecule is CN(c1ccc(Nc2ccc(C34CC5CC(CC(C5)C3)C4)cc2)cc1)c1ccccc1C(=O)O. The molecule has 0 saturated heterocycles. The summed E-state index contributed by atoms with van der Waals surface area (Å²) in [5.74, 6) is 1.97. The maximum absolute atomic E-state index is 11.6. The van der Waals surface area contributed by atoms with Crippen LogP contribution in [0.25, 0.3) is 0 Å². The van der Waals surface area contributed by atoms with Gasteiger partial charge in [-0.05, 0) is 116 Å². The van der Waals surface area contributed by atoms with Gasteiger partial charge in [0.1, 0.15) is 0 Å². The van der Waals surface area contributed by atoms with Gasteiger partial charge in [-0.3, -0.25) is 0 Å². The van der Waals surface area contributed by atoms with Gasteiger partial charge >= 0.3 is 5.97 Å². The van der Waals surface area contributed by atoms with Crippen LogP contribution in [0, 0.1) is 17.8 Å². The van der Waals surface area contributed by atoms with E-state index in [9.17, 15) is 9.90 Å². The topological polar surface area (TPSA) is 52.6 Å². The lowest BCUT2D eigenvalue weighted by atomic mass is 9.48. The van der Waals surface area contributed by atoms with E-state index in [1.54, 1.807) is 17.7 Å². The first-order chi connectivity index (χ1) is 16.5. The quantitative estimate of drug-likeness (QED) is 0.410. The minimum absolute atomic E-state index is 0.298. The Hall–Kier alpha value is -3.27. The Morgan fingerprint density at radius 3 is 1.91 bits per heavy atom. The van der Waals surface area contributed by atoms with E-state index < -0.39 is 5.97 Å². The first kappa shape index (κ1) is 21.3. The monoisotopic (exact) mass is 452 g/mol. The van der Waals surface area contributed by atoms with Crippen LogP contribution in [-0.2, 0) is 5.41 Å². The standard InChI is InChI=1S/C30H32N2O2/c1-32(28-5-3-2-4-27(28)29(33)34)26-12-10-25(11-13-26)31-24-8-6-23(7-9-24)30-17-20-14-21(18-30)16-22(15-20)19-30/h2-13,20-22,31H,14-19H2,1H3,(H,33,34). The lowest BCUT2D eigenvalue weighted by Gasteiger charge is -2.57. The zero-order chi connectivity index (χ0) is 23.3. The molecular formula is C30H32N2O2. The van der Waals surface area contributed by atoms with Crippen molar-refractivity contribution in [2.45, 2.75) is 43.9 Å². The highest BCUT2D eigenvalue weighted by atomic mass is 16.4. The number of carboxylic acid groups (broad SMARTS) is 1. The summed E-state index contributed by atoms with van der Waals surface area (Å²) in [6, 6.07) is 24.4. The fourth-order valence-electron chi connectivity index (χ4n) is 7.39. The lowest BCUT2D eigenvalue weighted by Crippen LogP contribution is -2.48. The van der Waals surface area contributed by atoms with Gasteiger partial charge in [-0.1, -0.05) is 24.3 Å². The highest BCUT2D eigenvalue weighted by Gasteiger charge is 2.51. The van der Waals surface area contributed by atoms with Crippen molar-refractivity contribution in [2.24, 2.45) is 17.8 Å². The summed E-state index contributed by atoms with van der Waals surface area (Å²) in [5.41, 5.74) is 6.02. The second kappa shape index (κ2) is 8.19. The van der Waals surface area contributed by atoms with E-state index in [1.807, 2.05) is 48.3 Å². The first-order valence-electron chi connectivity index (χ1n) is 12.5. The summed E-state index contributed by atoms with van der Waals surface area (Å²) >= 11 is 0. The molecule has 0 unspecified atom stereocenters. The number of hydrogen-bond donors (Lipinski definition) is 2. The van der Waals surface area contributed by atoms with Gasteiger partial charge in [0.2, 0.25) is 0 Å². The van der Waals surface area contributed by atoms with Crippen molar-refractivity contribution in [1.82, 2.24) is 0 Å². The highest BCUT2D eigenvalue weighted by molar-refractivity contribution is 5.95. The number of aromatic carboxylic acids is 1. The Bertz CT molecular complexity index is 1160. The molecule has 0 atom stereocenters. The van der Waals surface area contributed by atoms with Crippen molar-refractivity contribution in [1.29, 1.82) is 0 Å². The van der Waals surface area contributed by atoms with Crippen molar-refractivity contribution in [2.75, 3.05) is 17.3 Å². The number of nitrogens with zero attached hydrogens (tertiary/aromatic N) is 1. The molecule has 0 aliphatic heterocycles. The zero-order valence-corrected chi connectivity index (χ0v) is 19.7. The van der Waals surface area contributed by atoms with Crippen LogP contribution in [0.2, 0.25) is 0 Å². The van der Waals surface area contributed by atoms with Crippen LogP contribution in [0.3, 0.4) is 0 Å². The van der Waals surface area contributed by atoms with Crippen molar-refractivity contribution in [3.05, 3.63) is 83.9 Å². The number of nitrogens with one attached hydrogen (secondary N) is 1. The first-order valence-corrected chi connectivity index (χ1v) is 12.5. The molecule has 4 saturated carbocycles. The van der Waals surface area contributed by atoms with E-state index in [4.69, 9.17) is 0 Å². The van der Waals surface area contributed by atoms with Gasteiger partial charge in [-0.2, -0.15) is 0 Å². The molecule has 7 rings (SSSR count). The van der Waals surface area contributed by atoms with Crippen molar-refractivity contribution in [3.8, 4) is 0 Å². The molecule has 3 aromatic carbocycles. The molecule has 4 heteroatoms. The molecular weight excluding hydrogens is 420 g/mol. The fraction of sp³-hybridized carbons (Fsp3) is 0.367. The van der Waals surface area contributed by atoms with Crippen LogP contribution in [0.15, 0.2) is 72.8 Å². The van der Waals surface area contributed by atoms with E-state index in [0.29, 0.717) is 16.7 Å². The lowest BCUT2D eigenvalue weighted by molar-refractivity contribution is -0.00518. The number of carboxylic acids is 1. The fourth-order valence-corrected chi connectivity index (χ4v) is 7.39. The predicted octanol–water partition coefficient (Wildman–Crippen LogP) is 7.36. The van der Waals surface area contributed by atoms with Gasteiger partial charge in [0.25, 0.3) is 0 Å². The molecule has 4 fully saturated rings. The zero-order valence-electron chi connectivity index (χ0n) is 19.7. The summed E-state index contributed by atoms with van der Waals surface area (Å²) < 4.78 is 0. The number of rotatable bonds is 6. The molecule has 4 nitrogen and oxygen atoms in total. The number of hydrogen-bond acceptors (Lipinski definition) is 3. The molecule has 0 amide bonds. The minimum Gasteiger partial charge on any atom is -0.478 e. The van der Waals surface area contributed by atoms with Crippen LogP contribution in [-0.4, -0.2) is 18.1 Å². The van der Waals surface area contributed by atoms with Crippen LogP contribution in [0.5, 0.6) is 0 Å². The molecule has 4 aliphatic rings. The molecule has 4 bridgehead atoms. The van der Waals surface area contributed by atoms with E-state index in [-0.39, 0.29) is 0 Å². The third kappa shape index (κ3) is 3.75. The van der Waals surface area contributed by atoms with E-state index in [2.05, 4.69) is 29.6 Å². The number of carbonyl (C=O) groups is 1. The molecule has 174 valence electrons. The predicted molar refractivity (Wildman–Crippen MR) is 137 cm³/mol. The Kier molecular flexibility index (Phi) is 5.13. The molecule has 3 aromatic rings. The normalized spacial score (nSPS) is 26.9. The second-order valence-corrected chi connectivity index (χ2v) is 10.8. The second-order valence-electron chi connectivity index (χ2n) is 10.8.